The first kappa shape index (κ1) is 18.8. The van der Waals surface area contributed by atoms with Crippen LogP contribution >= 0.6 is 11.6 Å². The molecule has 0 bridgehead atoms. The van der Waals surface area contributed by atoms with Crippen molar-refractivity contribution >= 4 is 29.0 Å². The van der Waals surface area contributed by atoms with E-state index in [2.05, 4.69) is 18.9 Å². The number of rotatable bonds is 5. The van der Waals surface area contributed by atoms with E-state index in [0.717, 1.165) is 11.3 Å². The van der Waals surface area contributed by atoms with Crippen LogP contribution < -0.4 is 15.4 Å². The Morgan fingerprint density at radius 2 is 1.81 bits per heavy atom. The molecule has 0 radical (unpaired) electrons. The molecule has 7 heteroatoms. The molecule has 0 aliphatic rings. The highest BCUT2D eigenvalue weighted by atomic mass is 35.5. The molecule has 0 aliphatic carbocycles. The summed E-state index contributed by atoms with van der Waals surface area (Å²) in [5, 5.41) is 4.97. The van der Waals surface area contributed by atoms with E-state index >= 15 is 0 Å². The van der Waals surface area contributed by atoms with Gasteiger partial charge in [-0.05, 0) is 62.4 Å². The molecule has 1 heterocycles. The van der Waals surface area contributed by atoms with Gasteiger partial charge in [-0.1, -0.05) is 11.6 Å². The molecule has 3 rings (SSSR count). The normalized spacial score (nSPS) is 10.9. The SMILES string of the molecule is COc1ccc(N(C(N)=O)c2ccc(Cl)cc2)cc1-c1ccnn1C(C)C. The number of carbonyl (C=O) groups is 1. The molecule has 6 nitrogen and oxygen atoms in total. The lowest BCUT2D eigenvalue weighted by Crippen LogP contribution is -2.31. The molecular formula is C20H21ClN4O2. The third-order valence-corrected chi connectivity index (χ3v) is 4.43. The summed E-state index contributed by atoms with van der Waals surface area (Å²) in [5.41, 5.74) is 8.62. The van der Waals surface area contributed by atoms with Gasteiger partial charge in [0.15, 0.2) is 0 Å². The maximum Gasteiger partial charge on any atom is 0.323 e. The minimum atomic E-state index is -0.592. The molecule has 3 aromatic rings. The van der Waals surface area contributed by atoms with E-state index in [-0.39, 0.29) is 6.04 Å². The number of halogens is 1. The number of primary amides is 1. The number of methoxy groups -OCH3 is 1. The van der Waals surface area contributed by atoms with E-state index in [9.17, 15) is 4.79 Å². The molecule has 0 unspecified atom stereocenters. The summed E-state index contributed by atoms with van der Waals surface area (Å²) < 4.78 is 7.43. The van der Waals surface area contributed by atoms with Crippen LogP contribution in [0.5, 0.6) is 5.75 Å². The van der Waals surface area contributed by atoms with Crippen LogP contribution in [0.25, 0.3) is 11.3 Å². The van der Waals surface area contributed by atoms with Gasteiger partial charge < -0.3 is 10.5 Å². The molecule has 0 saturated carbocycles. The van der Waals surface area contributed by atoms with Gasteiger partial charge in [0.1, 0.15) is 5.75 Å². The number of nitrogens with two attached hydrogens (primary N) is 1. The number of urea groups is 1. The molecule has 0 saturated heterocycles. The first-order valence-electron chi connectivity index (χ1n) is 8.49. The van der Waals surface area contributed by atoms with E-state index in [0.29, 0.717) is 22.1 Å². The molecule has 1 aromatic heterocycles. The molecule has 0 aliphatic heterocycles. The Hall–Kier alpha value is -2.99. The van der Waals surface area contributed by atoms with Crippen molar-refractivity contribution in [2.75, 3.05) is 12.0 Å². The molecule has 0 atom stereocenters. The number of hydrogen-bond donors (Lipinski definition) is 1. The van der Waals surface area contributed by atoms with Crippen molar-refractivity contribution in [3.05, 3.63) is 59.8 Å². The number of aromatic nitrogens is 2. The van der Waals surface area contributed by atoms with Gasteiger partial charge in [0.05, 0.1) is 24.2 Å². The van der Waals surface area contributed by atoms with E-state index < -0.39 is 6.03 Å². The average Bonchev–Trinajstić information content (AvgIpc) is 3.13. The third kappa shape index (κ3) is 3.75. The second-order valence-electron chi connectivity index (χ2n) is 6.29. The van der Waals surface area contributed by atoms with Gasteiger partial charge in [0, 0.05) is 22.8 Å². The van der Waals surface area contributed by atoms with Gasteiger partial charge in [0.25, 0.3) is 0 Å². The summed E-state index contributed by atoms with van der Waals surface area (Å²) in [6.45, 7) is 4.10. The largest absolute Gasteiger partial charge is 0.496 e. The predicted molar refractivity (Wildman–Crippen MR) is 108 cm³/mol. The Kier molecular flexibility index (Phi) is 5.37. The van der Waals surface area contributed by atoms with Crippen LogP contribution in [-0.4, -0.2) is 22.9 Å². The van der Waals surface area contributed by atoms with Crippen molar-refractivity contribution in [1.29, 1.82) is 0 Å². The lowest BCUT2D eigenvalue weighted by atomic mass is 10.1. The zero-order chi connectivity index (χ0) is 19.6. The van der Waals surface area contributed by atoms with Crippen molar-refractivity contribution in [2.24, 2.45) is 5.73 Å². The number of carbonyl (C=O) groups excluding carboxylic acids is 1. The maximum absolute atomic E-state index is 12.2. The van der Waals surface area contributed by atoms with E-state index in [1.54, 1.807) is 43.6 Å². The second kappa shape index (κ2) is 7.72. The van der Waals surface area contributed by atoms with E-state index in [4.69, 9.17) is 22.1 Å². The predicted octanol–water partition coefficient (Wildman–Crippen LogP) is 5.01. The third-order valence-electron chi connectivity index (χ3n) is 4.18. The molecule has 2 amide bonds. The van der Waals surface area contributed by atoms with Crippen LogP contribution in [0.1, 0.15) is 19.9 Å². The molecule has 27 heavy (non-hydrogen) atoms. The summed E-state index contributed by atoms with van der Waals surface area (Å²) in [4.78, 5) is 13.6. The van der Waals surface area contributed by atoms with Crippen molar-refractivity contribution in [2.45, 2.75) is 19.9 Å². The number of amides is 2. The van der Waals surface area contributed by atoms with Crippen molar-refractivity contribution in [1.82, 2.24) is 9.78 Å². The molecule has 140 valence electrons. The van der Waals surface area contributed by atoms with Crippen LogP contribution in [0.3, 0.4) is 0 Å². The zero-order valence-electron chi connectivity index (χ0n) is 15.4. The molecule has 2 aromatic carbocycles. The summed E-state index contributed by atoms with van der Waals surface area (Å²) >= 11 is 5.96. The molecule has 0 fully saturated rings. The number of benzene rings is 2. The Balaban J connectivity index is 2.14. The minimum Gasteiger partial charge on any atom is -0.496 e. The van der Waals surface area contributed by atoms with Crippen LogP contribution in [0.2, 0.25) is 5.02 Å². The van der Waals surface area contributed by atoms with Gasteiger partial charge in [-0.15, -0.1) is 0 Å². The zero-order valence-corrected chi connectivity index (χ0v) is 16.1. The van der Waals surface area contributed by atoms with E-state index in [1.807, 2.05) is 22.9 Å². The number of ether oxygens (including phenoxy) is 1. The lowest BCUT2D eigenvalue weighted by molar-refractivity contribution is 0.256. The van der Waals surface area contributed by atoms with Crippen LogP contribution in [-0.2, 0) is 0 Å². The Labute approximate surface area is 163 Å². The molecular weight excluding hydrogens is 364 g/mol. The van der Waals surface area contributed by atoms with Gasteiger partial charge in [-0.25, -0.2) is 4.79 Å². The van der Waals surface area contributed by atoms with Crippen molar-refractivity contribution in [3.63, 3.8) is 0 Å². The molecule has 0 spiro atoms. The monoisotopic (exact) mass is 384 g/mol. The van der Waals surface area contributed by atoms with Gasteiger partial charge >= 0.3 is 6.03 Å². The highest BCUT2D eigenvalue weighted by Crippen LogP contribution is 2.36. The fourth-order valence-electron chi connectivity index (χ4n) is 2.97. The van der Waals surface area contributed by atoms with Crippen molar-refractivity contribution in [3.8, 4) is 17.0 Å². The maximum atomic E-state index is 12.2. The van der Waals surface area contributed by atoms with Crippen LogP contribution in [0, 0.1) is 0 Å². The fraction of sp³-hybridized carbons (Fsp3) is 0.200. The Morgan fingerprint density at radius 1 is 1.15 bits per heavy atom. The Morgan fingerprint density at radius 3 is 2.41 bits per heavy atom. The smallest absolute Gasteiger partial charge is 0.323 e. The highest BCUT2D eigenvalue weighted by molar-refractivity contribution is 6.30. The van der Waals surface area contributed by atoms with Crippen molar-refractivity contribution < 1.29 is 9.53 Å². The van der Waals surface area contributed by atoms with Gasteiger partial charge in [-0.3, -0.25) is 9.58 Å². The van der Waals surface area contributed by atoms with Crippen LogP contribution in [0.15, 0.2) is 54.7 Å². The first-order valence-corrected chi connectivity index (χ1v) is 8.87. The summed E-state index contributed by atoms with van der Waals surface area (Å²) in [6, 6.07) is 13.9. The Bertz CT molecular complexity index is 951. The first-order chi connectivity index (χ1) is 12.9. The minimum absolute atomic E-state index is 0.173. The average molecular weight is 385 g/mol. The highest BCUT2D eigenvalue weighted by Gasteiger charge is 2.19. The summed E-state index contributed by atoms with van der Waals surface area (Å²) in [7, 11) is 1.61. The van der Waals surface area contributed by atoms with Gasteiger partial charge in [0.2, 0.25) is 0 Å². The number of nitrogens with zero attached hydrogens (tertiary/aromatic N) is 3. The quantitative estimate of drug-likeness (QED) is 0.671. The standard InChI is InChI=1S/C20H21ClN4O2/c1-13(2)25-18(10-11-23-25)17-12-16(8-9-19(17)27-3)24(20(22)26)15-6-4-14(21)5-7-15/h4-13H,1-3H3,(H2,22,26). The van der Waals surface area contributed by atoms with E-state index in [1.165, 1.54) is 4.90 Å². The topological polar surface area (TPSA) is 73.4 Å². The summed E-state index contributed by atoms with van der Waals surface area (Å²) in [5.74, 6) is 0.682. The summed E-state index contributed by atoms with van der Waals surface area (Å²) in [6.07, 6.45) is 1.74. The number of hydrogen-bond acceptors (Lipinski definition) is 3. The fourth-order valence-corrected chi connectivity index (χ4v) is 3.09. The lowest BCUT2D eigenvalue weighted by Gasteiger charge is -2.22. The van der Waals surface area contributed by atoms with Crippen LogP contribution in [0.4, 0.5) is 16.2 Å². The van der Waals surface area contributed by atoms with Gasteiger partial charge in [-0.2, -0.15) is 5.10 Å². The second-order valence-corrected chi connectivity index (χ2v) is 6.73. The molecule has 2 N–H and O–H groups in total. The number of anilines is 2.